The molecule has 0 spiro atoms. The highest BCUT2D eigenvalue weighted by Crippen LogP contribution is 2.22. The van der Waals surface area contributed by atoms with Crippen LogP contribution in [0.5, 0.6) is 0 Å². The van der Waals surface area contributed by atoms with Crippen molar-refractivity contribution >= 4 is 5.97 Å². The average Bonchev–Trinajstić information content (AvgIpc) is 2.21. The molecule has 0 bridgehead atoms. The molecule has 0 aliphatic carbocycles. The van der Waals surface area contributed by atoms with Gasteiger partial charge in [-0.15, -0.1) is 0 Å². The maximum atomic E-state index is 13.3. The third kappa shape index (κ3) is 3.33. The van der Waals surface area contributed by atoms with Gasteiger partial charge in [0, 0.05) is 11.6 Å². The Kier molecular flexibility index (Phi) is 4.30. The van der Waals surface area contributed by atoms with E-state index in [9.17, 15) is 22.8 Å². The van der Waals surface area contributed by atoms with Gasteiger partial charge in [0.1, 0.15) is 5.82 Å². The second kappa shape index (κ2) is 5.51. The molecule has 0 saturated heterocycles. The minimum Gasteiger partial charge on any atom is -0.466 e. The van der Waals surface area contributed by atoms with Crippen LogP contribution < -0.4 is 5.56 Å². The first-order chi connectivity index (χ1) is 7.95. The number of carbonyl (C=O) groups is 1. The first kappa shape index (κ1) is 13.3. The summed E-state index contributed by atoms with van der Waals surface area (Å²) in [7, 11) is 0. The Bertz CT molecular complexity index is 470. The molecule has 94 valence electrons. The van der Waals surface area contributed by atoms with Crippen LogP contribution in [0.25, 0.3) is 0 Å². The molecule has 4 nitrogen and oxygen atoms in total. The number of rotatable bonds is 4. The minimum absolute atomic E-state index is 0.0633. The molecule has 1 aromatic rings. The molecule has 1 heterocycles. The fraction of sp³-hybridized carbons (Fsp3) is 0.400. The normalized spacial score (nSPS) is 10.6. The Morgan fingerprint density at radius 1 is 1.53 bits per heavy atom. The number of nitrogens with one attached hydrogen (secondary N) is 1. The monoisotopic (exact) mass is 249 g/mol. The average molecular weight is 249 g/mol. The van der Waals surface area contributed by atoms with Crippen molar-refractivity contribution in [2.24, 2.45) is 0 Å². The van der Waals surface area contributed by atoms with Crippen molar-refractivity contribution in [2.75, 3.05) is 6.61 Å². The van der Waals surface area contributed by atoms with E-state index in [0.29, 0.717) is 6.07 Å². The van der Waals surface area contributed by atoms with Crippen LogP contribution in [0.15, 0.2) is 10.9 Å². The van der Waals surface area contributed by atoms with Gasteiger partial charge in [0.05, 0.1) is 18.7 Å². The van der Waals surface area contributed by atoms with E-state index in [1.807, 2.05) is 4.98 Å². The van der Waals surface area contributed by atoms with E-state index in [4.69, 9.17) is 0 Å². The Hall–Kier alpha value is -1.79. The van der Waals surface area contributed by atoms with E-state index in [2.05, 4.69) is 4.74 Å². The van der Waals surface area contributed by atoms with Gasteiger partial charge < -0.3 is 9.72 Å². The lowest BCUT2D eigenvalue weighted by atomic mass is 10.1. The summed E-state index contributed by atoms with van der Waals surface area (Å²) in [5.74, 6) is -1.97. The first-order valence-electron chi connectivity index (χ1n) is 4.81. The molecular formula is C10H10F3NO3. The molecule has 1 rings (SSSR count). The molecule has 1 aromatic heterocycles. The highest BCUT2D eigenvalue weighted by Gasteiger charge is 2.21. The largest absolute Gasteiger partial charge is 0.466 e. The van der Waals surface area contributed by atoms with Crippen LogP contribution >= 0.6 is 0 Å². The minimum atomic E-state index is -3.07. The Balaban J connectivity index is 3.12. The molecule has 0 aliphatic rings. The topological polar surface area (TPSA) is 59.2 Å². The highest BCUT2D eigenvalue weighted by atomic mass is 19.3. The quantitative estimate of drug-likeness (QED) is 0.824. The molecule has 0 fully saturated rings. The van der Waals surface area contributed by atoms with E-state index in [1.54, 1.807) is 0 Å². The van der Waals surface area contributed by atoms with Gasteiger partial charge in [0.25, 0.3) is 12.0 Å². The number of aromatic amines is 1. The van der Waals surface area contributed by atoms with Crippen LogP contribution in [-0.2, 0) is 16.0 Å². The molecule has 7 heteroatoms. The lowest BCUT2D eigenvalue weighted by Crippen LogP contribution is -2.17. The van der Waals surface area contributed by atoms with E-state index >= 15 is 0 Å². The van der Waals surface area contributed by atoms with Crippen molar-refractivity contribution < 1.29 is 22.7 Å². The van der Waals surface area contributed by atoms with Crippen LogP contribution in [0.3, 0.4) is 0 Å². The molecule has 0 saturated carbocycles. The summed E-state index contributed by atoms with van der Waals surface area (Å²) in [4.78, 5) is 23.7. The van der Waals surface area contributed by atoms with Crippen LogP contribution in [0.1, 0.15) is 24.6 Å². The third-order valence-corrected chi connectivity index (χ3v) is 1.97. The molecule has 0 aliphatic heterocycles. The molecule has 1 N–H and O–H groups in total. The summed E-state index contributed by atoms with van der Waals surface area (Å²) in [5.41, 5.74) is -2.41. The van der Waals surface area contributed by atoms with E-state index < -0.39 is 41.4 Å². The number of ether oxygens (including phenoxy) is 1. The van der Waals surface area contributed by atoms with Gasteiger partial charge in [-0.1, -0.05) is 0 Å². The Morgan fingerprint density at radius 3 is 2.71 bits per heavy atom. The summed E-state index contributed by atoms with van der Waals surface area (Å²) in [6, 6.07) is 0.514. The summed E-state index contributed by atoms with van der Waals surface area (Å²) >= 11 is 0. The van der Waals surface area contributed by atoms with Crippen LogP contribution in [0, 0.1) is 5.82 Å². The van der Waals surface area contributed by atoms with Gasteiger partial charge in [-0.2, -0.15) is 0 Å². The zero-order chi connectivity index (χ0) is 13.0. The molecular weight excluding hydrogens is 239 g/mol. The summed E-state index contributed by atoms with van der Waals surface area (Å²) in [5, 5.41) is 0. The van der Waals surface area contributed by atoms with Crippen molar-refractivity contribution in [3.05, 3.63) is 33.5 Å². The molecule has 0 amide bonds. The van der Waals surface area contributed by atoms with Crippen LogP contribution in [-0.4, -0.2) is 17.6 Å². The summed E-state index contributed by atoms with van der Waals surface area (Å²) in [6.07, 6.45) is -3.71. The number of hydrogen-bond donors (Lipinski definition) is 1. The number of halogens is 3. The number of alkyl halides is 2. The number of carbonyl (C=O) groups excluding carboxylic acids is 1. The second-order valence-corrected chi connectivity index (χ2v) is 3.16. The van der Waals surface area contributed by atoms with E-state index in [1.165, 1.54) is 6.92 Å². The van der Waals surface area contributed by atoms with Gasteiger partial charge in [0.15, 0.2) is 0 Å². The van der Waals surface area contributed by atoms with Crippen LogP contribution in [0.4, 0.5) is 13.2 Å². The van der Waals surface area contributed by atoms with Gasteiger partial charge in [-0.05, 0) is 6.92 Å². The summed E-state index contributed by atoms with van der Waals surface area (Å²) in [6.45, 7) is 1.60. The zero-order valence-corrected chi connectivity index (χ0v) is 8.93. The smallest absolute Gasteiger partial charge is 0.310 e. The molecule has 0 unspecified atom stereocenters. The van der Waals surface area contributed by atoms with Crippen molar-refractivity contribution in [3.8, 4) is 0 Å². The molecule has 0 aromatic carbocycles. The lowest BCUT2D eigenvalue weighted by Gasteiger charge is -2.08. The predicted molar refractivity (Wildman–Crippen MR) is 52.3 cm³/mol. The SMILES string of the molecule is CCOC(=O)Cc1c(F)cc(=O)[nH]c1C(F)F. The van der Waals surface area contributed by atoms with E-state index in [0.717, 1.165) is 0 Å². The predicted octanol–water partition coefficient (Wildman–Crippen LogP) is 1.56. The first-order valence-corrected chi connectivity index (χ1v) is 4.81. The highest BCUT2D eigenvalue weighted by molar-refractivity contribution is 5.72. The number of esters is 1. The second-order valence-electron chi connectivity index (χ2n) is 3.16. The fourth-order valence-corrected chi connectivity index (χ4v) is 1.30. The number of aromatic nitrogens is 1. The molecule has 0 atom stereocenters. The van der Waals surface area contributed by atoms with Crippen molar-refractivity contribution in [3.63, 3.8) is 0 Å². The maximum absolute atomic E-state index is 13.3. The lowest BCUT2D eigenvalue weighted by molar-refractivity contribution is -0.142. The number of H-pyrrole nitrogens is 1. The fourth-order valence-electron chi connectivity index (χ4n) is 1.30. The molecule has 17 heavy (non-hydrogen) atoms. The van der Waals surface area contributed by atoms with Crippen molar-refractivity contribution in [1.82, 2.24) is 4.98 Å². The number of hydrogen-bond acceptors (Lipinski definition) is 3. The van der Waals surface area contributed by atoms with Gasteiger partial charge in [-0.25, -0.2) is 13.2 Å². The molecule has 0 radical (unpaired) electrons. The Morgan fingerprint density at radius 2 is 2.18 bits per heavy atom. The zero-order valence-electron chi connectivity index (χ0n) is 8.93. The van der Waals surface area contributed by atoms with E-state index in [-0.39, 0.29) is 6.61 Å². The van der Waals surface area contributed by atoms with Gasteiger partial charge in [-0.3, -0.25) is 9.59 Å². The van der Waals surface area contributed by atoms with Crippen LogP contribution in [0.2, 0.25) is 0 Å². The summed E-state index contributed by atoms with van der Waals surface area (Å²) < 4.78 is 42.9. The van der Waals surface area contributed by atoms with Crippen molar-refractivity contribution in [2.45, 2.75) is 19.8 Å². The Labute approximate surface area is 94.4 Å². The van der Waals surface area contributed by atoms with Crippen molar-refractivity contribution in [1.29, 1.82) is 0 Å². The van der Waals surface area contributed by atoms with Gasteiger partial charge >= 0.3 is 5.97 Å². The standard InChI is InChI=1S/C10H10F3NO3/c1-2-17-8(16)3-5-6(11)4-7(15)14-9(5)10(12)13/h4,10H,2-3H2,1H3,(H,14,15). The third-order valence-electron chi connectivity index (χ3n) is 1.97. The van der Waals surface area contributed by atoms with Gasteiger partial charge in [0.2, 0.25) is 0 Å². The maximum Gasteiger partial charge on any atom is 0.310 e. The number of pyridine rings is 1.